The van der Waals surface area contributed by atoms with Crippen LogP contribution in [0.25, 0.3) is 11.3 Å². The van der Waals surface area contributed by atoms with Gasteiger partial charge in [-0.2, -0.15) is 0 Å². The van der Waals surface area contributed by atoms with Crippen LogP contribution >= 0.6 is 0 Å². The van der Waals surface area contributed by atoms with Gasteiger partial charge in [0.05, 0.1) is 6.54 Å². The van der Waals surface area contributed by atoms with Crippen LogP contribution in [-0.2, 0) is 11.3 Å². The third kappa shape index (κ3) is 4.99. The average Bonchev–Trinajstić information content (AvgIpc) is 3.09. The molecule has 2 aromatic carbocycles. The zero-order chi connectivity index (χ0) is 18.4. The third-order valence-electron chi connectivity index (χ3n) is 3.93. The summed E-state index contributed by atoms with van der Waals surface area (Å²) in [5.41, 5.74) is 2.80. The molecular formula is C22H24N2O2. The summed E-state index contributed by atoms with van der Waals surface area (Å²) < 4.78 is 5.90. The van der Waals surface area contributed by atoms with Crippen LogP contribution in [0.4, 0.5) is 11.4 Å². The lowest BCUT2D eigenvalue weighted by Crippen LogP contribution is -2.13. The highest BCUT2D eigenvalue weighted by molar-refractivity contribution is 5.91. The Hall–Kier alpha value is -3.01. The van der Waals surface area contributed by atoms with Crippen molar-refractivity contribution >= 4 is 17.3 Å². The number of hydrogen-bond acceptors (Lipinski definition) is 3. The van der Waals surface area contributed by atoms with Crippen LogP contribution in [0.3, 0.4) is 0 Å². The van der Waals surface area contributed by atoms with Gasteiger partial charge in [-0.15, -0.1) is 0 Å². The molecule has 0 bridgehead atoms. The van der Waals surface area contributed by atoms with Gasteiger partial charge in [0.1, 0.15) is 11.5 Å². The first-order valence-corrected chi connectivity index (χ1v) is 8.88. The first kappa shape index (κ1) is 17.8. The molecule has 0 atom stereocenters. The minimum absolute atomic E-state index is 0.0377. The van der Waals surface area contributed by atoms with Gasteiger partial charge >= 0.3 is 0 Å². The maximum absolute atomic E-state index is 11.9. The van der Waals surface area contributed by atoms with Crippen LogP contribution in [-0.4, -0.2) is 5.91 Å². The highest BCUT2D eigenvalue weighted by Crippen LogP contribution is 2.23. The summed E-state index contributed by atoms with van der Waals surface area (Å²) >= 11 is 0. The van der Waals surface area contributed by atoms with Crippen molar-refractivity contribution in [3.05, 3.63) is 72.5 Å². The summed E-state index contributed by atoms with van der Waals surface area (Å²) in [6.07, 6.45) is 0.520. The lowest BCUT2D eigenvalue weighted by molar-refractivity contribution is -0.116. The maximum Gasteiger partial charge on any atom is 0.224 e. The van der Waals surface area contributed by atoms with Crippen molar-refractivity contribution in [1.82, 2.24) is 0 Å². The van der Waals surface area contributed by atoms with Crippen molar-refractivity contribution in [3.63, 3.8) is 0 Å². The van der Waals surface area contributed by atoms with E-state index in [1.54, 1.807) is 0 Å². The molecule has 0 aliphatic carbocycles. The Labute approximate surface area is 154 Å². The van der Waals surface area contributed by atoms with Crippen molar-refractivity contribution in [3.8, 4) is 11.3 Å². The molecule has 1 aromatic heterocycles. The predicted octanol–water partition coefficient (Wildman–Crippen LogP) is 5.54. The quantitative estimate of drug-likeness (QED) is 0.589. The molecule has 3 rings (SSSR count). The van der Waals surface area contributed by atoms with Gasteiger partial charge in [0.25, 0.3) is 0 Å². The summed E-state index contributed by atoms with van der Waals surface area (Å²) in [5, 5.41) is 6.27. The number of anilines is 2. The van der Waals surface area contributed by atoms with E-state index in [2.05, 4.69) is 10.6 Å². The molecule has 0 saturated carbocycles. The molecule has 0 unspecified atom stereocenters. The van der Waals surface area contributed by atoms with Crippen molar-refractivity contribution in [2.75, 3.05) is 10.6 Å². The molecular weight excluding hydrogens is 324 g/mol. The van der Waals surface area contributed by atoms with Crippen LogP contribution in [0, 0.1) is 5.92 Å². The second-order valence-electron chi connectivity index (χ2n) is 6.71. The number of carbonyl (C=O) groups excluding carboxylic acids is 1. The summed E-state index contributed by atoms with van der Waals surface area (Å²) in [6.45, 7) is 4.64. The van der Waals surface area contributed by atoms with Crippen molar-refractivity contribution in [1.29, 1.82) is 0 Å². The maximum atomic E-state index is 11.9. The van der Waals surface area contributed by atoms with E-state index in [4.69, 9.17) is 4.42 Å². The predicted molar refractivity (Wildman–Crippen MR) is 106 cm³/mol. The molecule has 4 nitrogen and oxygen atoms in total. The van der Waals surface area contributed by atoms with E-state index in [-0.39, 0.29) is 5.91 Å². The molecule has 0 aliphatic heterocycles. The van der Waals surface area contributed by atoms with Gasteiger partial charge in [-0.3, -0.25) is 4.79 Å². The van der Waals surface area contributed by atoms with Gasteiger partial charge in [0.2, 0.25) is 5.91 Å². The van der Waals surface area contributed by atoms with E-state index in [0.717, 1.165) is 28.5 Å². The van der Waals surface area contributed by atoms with E-state index < -0.39 is 0 Å². The Morgan fingerprint density at radius 2 is 1.73 bits per heavy atom. The van der Waals surface area contributed by atoms with Crippen molar-refractivity contribution in [2.24, 2.45) is 5.92 Å². The Morgan fingerprint density at radius 3 is 2.50 bits per heavy atom. The highest BCUT2D eigenvalue weighted by Gasteiger charge is 2.07. The van der Waals surface area contributed by atoms with E-state index in [0.29, 0.717) is 18.9 Å². The molecule has 134 valence electrons. The van der Waals surface area contributed by atoms with Gasteiger partial charge < -0.3 is 15.1 Å². The standard InChI is InChI=1S/C22H24N2O2/c1-16(2)13-22(25)24-19-10-6-9-18(14-19)23-15-20-11-12-21(26-20)17-7-4-3-5-8-17/h3-12,14,16,23H,13,15H2,1-2H3,(H,24,25). The number of carbonyl (C=O) groups is 1. The second-order valence-corrected chi connectivity index (χ2v) is 6.71. The molecule has 0 radical (unpaired) electrons. The Morgan fingerprint density at radius 1 is 0.962 bits per heavy atom. The Balaban J connectivity index is 1.59. The van der Waals surface area contributed by atoms with Crippen LogP contribution < -0.4 is 10.6 Å². The van der Waals surface area contributed by atoms with Gasteiger partial charge in [0, 0.05) is 23.4 Å². The minimum Gasteiger partial charge on any atom is -0.459 e. The SMILES string of the molecule is CC(C)CC(=O)Nc1cccc(NCc2ccc(-c3ccccc3)o2)c1. The smallest absolute Gasteiger partial charge is 0.224 e. The zero-order valence-corrected chi connectivity index (χ0v) is 15.2. The fourth-order valence-electron chi connectivity index (χ4n) is 2.71. The number of amides is 1. The van der Waals surface area contributed by atoms with E-state index in [1.807, 2.05) is 80.6 Å². The van der Waals surface area contributed by atoms with Crippen LogP contribution in [0.15, 0.2) is 71.1 Å². The Bertz CT molecular complexity index is 853. The number of hydrogen-bond donors (Lipinski definition) is 2. The monoisotopic (exact) mass is 348 g/mol. The van der Waals surface area contributed by atoms with Gasteiger partial charge in [0.15, 0.2) is 0 Å². The number of nitrogens with one attached hydrogen (secondary N) is 2. The molecule has 0 saturated heterocycles. The fourth-order valence-corrected chi connectivity index (χ4v) is 2.71. The first-order valence-electron chi connectivity index (χ1n) is 8.88. The minimum atomic E-state index is 0.0377. The molecule has 26 heavy (non-hydrogen) atoms. The van der Waals surface area contributed by atoms with Crippen LogP contribution in [0.5, 0.6) is 0 Å². The first-order chi connectivity index (χ1) is 12.6. The third-order valence-corrected chi connectivity index (χ3v) is 3.93. The second kappa shape index (κ2) is 8.39. The summed E-state index contributed by atoms with van der Waals surface area (Å²) in [4.78, 5) is 11.9. The number of furan rings is 1. The summed E-state index contributed by atoms with van der Waals surface area (Å²) in [5.74, 6) is 2.10. The van der Waals surface area contributed by atoms with Gasteiger partial charge in [-0.1, -0.05) is 50.2 Å². The lowest BCUT2D eigenvalue weighted by atomic mass is 10.1. The summed E-state index contributed by atoms with van der Waals surface area (Å²) in [7, 11) is 0. The van der Waals surface area contributed by atoms with E-state index in [9.17, 15) is 4.79 Å². The number of benzene rings is 2. The molecule has 1 heterocycles. The largest absolute Gasteiger partial charge is 0.459 e. The van der Waals surface area contributed by atoms with E-state index >= 15 is 0 Å². The fraction of sp³-hybridized carbons (Fsp3) is 0.227. The lowest BCUT2D eigenvalue weighted by Gasteiger charge is -2.10. The van der Waals surface area contributed by atoms with E-state index in [1.165, 1.54) is 0 Å². The molecule has 0 spiro atoms. The van der Waals surface area contributed by atoms with Crippen molar-refractivity contribution in [2.45, 2.75) is 26.8 Å². The highest BCUT2D eigenvalue weighted by atomic mass is 16.3. The molecule has 2 N–H and O–H groups in total. The molecule has 0 aliphatic rings. The summed E-state index contributed by atoms with van der Waals surface area (Å²) in [6, 6.07) is 21.7. The van der Waals surface area contributed by atoms with Crippen LogP contribution in [0.2, 0.25) is 0 Å². The normalized spacial score (nSPS) is 10.7. The van der Waals surface area contributed by atoms with Crippen molar-refractivity contribution < 1.29 is 9.21 Å². The molecule has 4 heteroatoms. The van der Waals surface area contributed by atoms with Crippen LogP contribution in [0.1, 0.15) is 26.0 Å². The zero-order valence-electron chi connectivity index (χ0n) is 15.2. The Kier molecular flexibility index (Phi) is 5.74. The number of rotatable bonds is 7. The molecule has 1 amide bonds. The van der Waals surface area contributed by atoms with Gasteiger partial charge in [-0.05, 0) is 36.2 Å². The average molecular weight is 348 g/mol. The topological polar surface area (TPSA) is 54.3 Å². The molecule has 3 aromatic rings. The van der Waals surface area contributed by atoms with Gasteiger partial charge in [-0.25, -0.2) is 0 Å². The molecule has 0 fully saturated rings.